The maximum absolute atomic E-state index is 3.62. The van der Waals surface area contributed by atoms with Crippen molar-refractivity contribution in [2.45, 2.75) is 45.3 Å². The minimum absolute atomic E-state index is 0.480. The molecule has 0 aromatic heterocycles. The van der Waals surface area contributed by atoms with Crippen LogP contribution < -0.4 is 5.32 Å². The second kappa shape index (κ2) is 6.18. The van der Waals surface area contributed by atoms with E-state index in [9.17, 15) is 0 Å². The molecule has 3 heteroatoms. The highest BCUT2D eigenvalue weighted by atomic mass is 79.9. The number of rotatable bonds is 3. The van der Waals surface area contributed by atoms with E-state index in [2.05, 4.69) is 71.2 Å². The van der Waals surface area contributed by atoms with Gasteiger partial charge in [0.25, 0.3) is 0 Å². The lowest BCUT2D eigenvalue weighted by Crippen LogP contribution is -2.55. The van der Waals surface area contributed by atoms with Gasteiger partial charge in [0.2, 0.25) is 0 Å². The fourth-order valence-electron chi connectivity index (χ4n) is 2.72. The molecule has 1 fully saturated rings. The molecule has 2 rings (SSSR count). The van der Waals surface area contributed by atoms with Crippen LogP contribution in [0.4, 0.5) is 0 Å². The van der Waals surface area contributed by atoms with Crippen molar-refractivity contribution in [3.05, 3.63) is 34.3 Å². The molecular weight excluding hydrogens is 288 g/mol. The number of nitrogens with zero attached hydrogens (tertiary/aromatic N) is 1. The molecule has 1 heterocycles. The van der Waals surface area contributed by atoms with Crippen LogP contribution in [0.15, 0.2) is 28.7 Å². The van der Waals surface area contributed by atoms with E-state index >= 15 is 0 Å². The number of piperazine rings is 1. The zero-order valence-electron chi connectivity index (χ0n) is 11.5. The SMILES string of the molecule is CCC1CN(C(C)c2cccc(Br)c2)C(C)CN1. The quantitative estimate of drug-likeness (QED) is 0.918. The third-order valence-electron chi connectivity index (χ3n) is 4.02. The van der Waals surface area contributed by atoms with Crippen LogP contribution in [0, 0.1) is 0 Å². The summed E-state index contributed by atoms with van der Waals surface area (Å²) >= 11 is 3.56. The van der Waals surface area contributed by atoms with Crippen molar-refractivity contribution in [3.63, 3.8) is 0 Å². The second-order valence-electron chi connectivity index (χ2n) is 5.29. The van der Waals surface area contributed by atoms with Crippen molar-refractivity contribution in [2.75, 3.05) is 13.1 Å². The predicted octanol–water partition coefficient (Wildman–Crippen LogP) is 3.58. The Bertz CT molecular complexity index is 394. The normalized spacial score (nSPS) is 27.1. The van der Waals surface area contributed by atoms with Crippen LogP contribution in [0.3, 0.4) is 0 Å². The average Bonchev–Trinajstić information content (AvgIpc) is 2.38. The smallest absolute Gasteiger partial charge is 0.0324 e. The Hall–Kier alpha value is -0.380. The van der Waals surface area contributed by atoms with Crippen molar-refractivity contribution in [3.8, 4) is 0 Å². The maximum Gasteiger partial charge on any atom is 0.0324 e. The average molecular weight is 311 g/mol. The summed E-state index contributed by atoms with van der Waals surface area (Å²) in [7, 11) is 0. The second-order valence-corrected chi connectivity index (χ2v) is 6.21. The molecule has 3 unspecified atom stereocenters. The fraction of sp³-hybridized carbons (Fsp3) is 0.600. The van der Waals surface area contributed by atoms with Gasteiger partial charge in [0.1, 0.15) is 0 Å². The number of hydrogen-bond donors (Lipinski definition) is 1. The van der Waals surface area contributed by atoms with Gasteiger partial charge in [-0.2, -0.15) is 0 Å². The van der Waals surface area contributed by atoms with Crippen LogP contribution in [0.1, 0.15) is 38.8 Å². The van der Waals surface area contributed by atoms with Crippen molar-refractivity contribution in [2.24, 2.45) is 0 Å². The summed E-state index contributed by atoms with van der Waals surface area (Å²) in [5, 5.41) is 3.62. The highest BCUT2D eigenvalue weighted by Crippen LogP contribution is 2.26. The summed E-state index contributed by atoms with van der Waals surface area (Å²) < 4.78 is 1.17. The van der Waals surface area contributed by atoms with Gasteiger partial charge in [0.05, 0.1) is 0 Å². The van der Waals surface area contributed by atoms with E-state index in [0.717, 1.165) is 13.1 Å². The third kappa shape index (κ3) is 3.14. The monoisotopic (exact) mass is 310 g/mol. The Kier molecular flexibility index (Phi) is 4.82. The summed E-state index contributed by atoms with van der Waals surface area (Å²) in [5.41, 5.74) is 1.40. The molecule has 0 aliphatic carbocycles. The summed E-state index contributed by atoms with van der Waals surface area (Å²) in [6.07, 6.45) is 1.20. The van der Waals surface area contributed by atoms with E-state index in [1.54, 1.807) is 0 Å². The topological polar surface area (TPSA) is 15.3 Å². The van der Waals surface area contributed by atoms with Gasteiger partial charge in [-0.05, 0) is 38.0 Å². The molecule has 1 saturated heterocycles. The molecule has 0 saturated carbocycles. The molecular formula is C15H23BrN2. The molecule has 100 valence electrons. The lowest BCUT2D eigenvalue weighted by molar-refractivity contribution is 0.0975. The number of benzene rings is 1. The Morgan fingerprint density at radius 3 is 2.94 bits per heavy atom. The molecule has 1 aliphatic rings. The summed E-state index contributed by atoms with van der Waals surface area (Å²) in [6, 6.07) is 10.4. The molecule has 2 nitrogen and oxygen atoms in total. The molecule has 0 bridgehead atoms. The van der Waals surface area contributed by atoms with E-state index in [1.807, 2.05) is 0 Å². The molecule has 1 aromatic carbocycles. The van der Waals surface area contributed by atoms with Crippen molar-refractivity contribution in [1.29, 1.82) is 0 Å². The summed E-state index contributed by atoms with van der Waals surface area (Å²) in [4.78, 5) is 2.62. The zero-order chi connectivity index (χ0) is 13.1. The zero-order valence-corrected chi connectivity index (χ0v) is 13.1. The first kappa shape index (κ1) is 14.0. The molecule has 1 aromatic rings. The number of nitrogens with one attached hydrogen (secondary N) is 1. The van der Waals surface area contributed by atoms with Crippen LogP contribution in [0.5, 0.6) is 0 Å². The standard InChI is InChI=1S/C15H23BrN2/c1-4-15-10-18(11(2)9-17-15)12(3)13-6-5-7-14(16)8-13/h5-8,11-12,15,17H,4,9-10H2,1-3H3. The van der Waals surface area contributed by atoms with Gasteiger partial charge in [-0.15, -0.1) is 0 Å². The molecule has 3 atom stereocenters. The molecule has 1 N–H and O–H groups in total. The highest BCUT2D eigenvalue weighted by Gasteiger charge is 2.28. The molecule has 18 heavy (non-hydrogen) atoms. The van der Waals surface area contributed by atoms with Crippen LogP contribution >= 0.6 is 15.9 Å². The third-order valence-corrected chi connectivity index (χ3v) is 4.51. The summed E-state index contributed by atoms with van der Waals surface area (Å²) in [6.45, 7) is 9.13. The van der Waals surface area contributed by atoms with Gasteiger partial charge >= 0.3 is 0 Å². The van der Waals surface area contributed by atoms with Gasteiger partial charge in [-0.3, -0.25) is 4.90 Å². The molecule has 0 spiro atoms. The highest BCUT2D eigenvalue weighted by molar-refractivity contribution is 9.10. The van der Waals surface area contributed by atoms with E-state index in [4.69, 9.17) is 0 Å². The minimum atomic E-state index is 0.480. The minimum Gasteiger partial charge on any atom is -0.311 e. The van der Waals surface area contributed by atoms with E-state index in [0.29, 0.717) is 18.1 Å². The van der Waals surface area contributed by atoms with E-state index < -0.39 is 0 Å². The van der Waals surface area contributed by atoms with E-state index in [1.165, 1.54) is 16.5 Å². The largest absolute Gasteiger partial charge is 0.311 e. The van der Waals surface area contributed by atoms with Crippen molar-refractivity contribution in [1.82, 2.24) is 10.2 Å². The molecule has 0 amide bonds. The first-order chi connectivity index (χ1) is 8.61. The van der Waals surface area contributed by atoms with Gasteiger partial charge in [-0.25, -0.2) is 0 Å². The van der Waals surface area contributed by atoms with Gasteiger partial charge in [-0.1, -0.05) is 35.0 Å². The Labute approximate surface area is 119 Å². The van der Waals surface area contributed by atoms with Crippen LogP contribution in [0.2, 0.25) is 0 Å². The van der Waals surface area contributed by atoms with E-state index in [-0.39, 0.29) is 0 Å². The molecule has 1 aliphatic heterocycles. The van der Waals surface area contributed by atoms with Crippen LogP contribution in [0.25, 0.3) is 0 Å². The predicted molar refractivity (Wildman–Crippen MR) is 80.8 cm³/mol. The Morgan fingerprint density at radius 2 is 2.28 bits per heavy atom. The van der Waals surface area contributed by atoms with Gasteiger partial charge in [0.15, 0.2) is 0 Å². The summed E-state index contributed by atoms with van der Waals surface area (Å²) in [5.74, 6) is 0. The van der Waals surface area contributed by atoms with Crippen molar-refractivity contribution < 1.29 is 0 Å². The van der Waals surface area contributed by atoms with Crippen molar-refractivity contribution >= 4 is 15.9 Å². The van der Waals surface area contributed by atoms with Gasteiger partial charge in [0, 0.05) is 35.7 Å². The fourth-order valence-corrected chi connectivity index (χ4v) is 3.14. The Balaban J connectivity index is 2.13. The first-order valence-electron chi connectivity index (χ1n) is 6.86. The number of hydrogen-bond acceptors (Lipinski definition) is 2. The first-order valence-corrected chi connectivity index (χ1v) is 7.65. The lowest BCUT2D eigenvalue weighted by Gasteiger charge is -2.42. The van der Waals surface area contributed by atoms with Crippen LogP contribution in [-0.2, 0) is 0 Å². The Morgan fingerprint density at radius 1 is 1.50 bits per heavy atom. The van der Waals surface area contributed by atoms with Gasteiger partial charge < -0.3 is 5.32 Å². The number of halogens is 1. The maximum atomic E-state index is 3.62. The van der Waals surface area contributed by atoms with Crippen LogP contribution in [-0.4, -0.2) is 30.1 Å². The lowest BCUT2D eigenvalue weighted by atomic mass is 10.0. The molecule has 0 radical (unpaired) electrons.